The summed E-state index contributed by atoms with van der Waals surface area (Å²) >= 11 is 0. The van der Waals surface area contributed by atoms with Gasteiger partial charge in [0, 0.05) is 12.7 Å². The molecule has 0 spiro atoms. The van der Waals surface area contributed by atoms with Crippen molar-refractivity contribution in [2.75, 3.05) is 11.3 Å². The van der Waals surface area contributed by atoms with Crippen LogP contribution in [0.15, 0.2) is 18.3 Å². The molecule has 1 aromatic rings. The smallest absolute Gasteiger partial charge is 0.322 e. The van der Waals surface area contributed by atoms with E-state index in [1.807, 2.05) is 6.92 Å². The van der Waals surface area contributed by atoms with Gasteiger partial charge in [-0.05, 0) is 37.8 Å². The van der Waals surface area contributed by atoms with Gasteiger partial charge in [0.15, 0.2) is 0 Å². The highest BCUT2D eigenvalue weighted by Gasteiger charge is 2.36. The summed E-state index contributed by atoms with van der Waals surface area (Å²) in [7, 11) is -3.90. The molecule has 1 aliphatic heterocycles. The molecule has 0 aliphatic carbocycles. The number of hydrogen-bond donors (Lipinski definition) is 2. The third-order valence-corrected chi connectivity index (χ3v) is 4.71. The van der Waals surface area contributed by atoms with Crippen LogP contribution < -0.4 is 4.72 Å². The first-order chi connectivity index (χ1) is 9.40. The van der Waals surface area contributed by atoms with E-state index in [2.05, 4.69) is 9.71 Å². The van der Waals surface area contributed by atoms with E-state index in [1.165, 1.54) is 0 Å². The lowest BCUT2D eigenvalue weighted by molar-refractivity contribution is -0.142. The molecule has 0 bridgehead atoms. The predicted octanol–water partition coefficient (Wildman–Crippen LogP) is 0.986. The highest BCUT2D eigenvalue weighted by atomic mass is 32.2. The van der Waals surface area contributed by atoms with Crippen molar-refractivity contribution in [3.63, 3.8) is 0 Å². The molecule has 1 saturated heterocycles. The highest BCUT2D eigenvalue weighted by molar-refractivity contribution is 7.90. The summed E-state index contributed by atoms with van der Waals surface area (Å²) in [4.78, 5) is 15.1. The second-order valence-electron chi connectivity index (χ2n) is 4.79. The molecule has 1 aromatic heterocycles. The highest BCUT2D eigenvalue weighted by Crippen LogP contribution is 2.21. The van der Waals surface area contributed by atoms with Crippen LogP contribution in [0.2, 0.25) is 0 Å². The van der Waals surface area contributed by atoms with Crippen LogP contribution in [0.25, 0.3) is 0 Å². The Morgan fingerprint density at radius 2 is 2.20 bits per heavy atom. The predicted molar refractivity (Wildman–Crippen MR) is 73.5 cm³/mol. The summed E-state index contributed by atoms with van der Waals surface area (Å²) in [5.41, 5.74) is 0.911. The number of carboxylic acid groups (broad SMARTS) is 1. The average Bonchev–Trinajstić information content (AvgIpc) is 2.41. The van der Waals surface area contributed by atoms with Gasteiger partial charge in [0.25, 0.3) is 0 Å². The van der Waals surface area contributed by atoms with E-state index in [1.54, 1.807) is 18.3 Å². The average molecular weight is 299 g/mol. The second kappa shape index (κ2) is 5.76. The molecule has 0 aromatic carbocycles. The van der Waals surface area contributed by atoms with Gasteiger partial charge in [0.1, 0.15) is 11.9 Å². The summed E-state index contributed by atoms with van der Waals surface area (Å²) in [6, 6.07) is 2.27. The second-order valence-corrected chi connectivity index (χ2v) is 6.41. The third-order valence-electron chi connectivity index (χ3n) is 3.19. The number of anilines is 1. The van der Waals surface area contributed by atoms with Crippen LogP contribution in [-0.2, 0) is 15.0 Å². The van der Waals surface area contributed by atoms with Crippen molar-refractivity contribution in [3.8, 4) is 0 Å². The van der Waals surface area contributed by atoms with Crippen LogP contribution in [0.1, 0.15) is 24.8 Å². The lowest BCUT2D eigenvalue weighted by Crippen LogP contribution is -2.50. The van der Waals surface area contributed by atoms with Crippen LogP contribution in [0.4, 0.5) is 5.82 Å². The normalized spacial score (nSPS) is 20.6. The van der Waals surface area contributed by atoms with Crippen molar-refractivity contribution < 1.29 is 18.3 Å². The zero-order valence-corrected chi connectivity index (χ0v) is 11.9. The minimum absolute atomic E-state index is 0.185. The lowest BCUT2D eigenvalue weighted by atomic mass is 10.1. The summed E-state index contributed by atoms with van der Waals surface area (Å²) in [6.07, 6.45) is 3.25. The van der Waals surface area contributed by atoms with Crippen LogP contribution in [0.5, 0.6) is 0 Å². The van der Waals surface area contributed by atoms with Crippen LogP contribution in [0, 0.1) is 6.92 Å². The van der Waals surface area contributed by atoms with Crippen molar-refractivity contribution in [2.24, 2.45) is 0 Å². The number of aryl methyl sites for hydroxylation is 1. The fraction of sp³-hybridized carbons (Fsp3) is 0.500. The van der Waals surface area contributed by atoms with Crippen molar-refractivity contribution in [1.29, 1.82) is 0 Å². The van der Waals surface area contributed by atoms with E-state index in [9.17, 15) is 13.2 Å². The molecular formula is C12H17N3O4S. The number of pyridine rings is 1. The Bertz CT molecular complexity index is 585. The topological polar surface area (TPSA) is 99.6 Å². The molecule has 1 unspecified atom stereocenters. The summed E-state index contributed by atoms with van der Waals surface area (Å²) in [5, 5.41) is 9.12. The summed E-state index contributed by atoms with van der Waals surface area (Å²) < 4.78 is 27.9. The maximum absolute atomic E-state index is 12.3. The molecule has 1 aliphatic rings. The van der Waals surface area contributed by atoms with E-state index in [4.69, 9.17) is 5.11 Å². The van der Waals surface area contributed by atoms with Gasteiger partial charge in [-0.2, -0.15) is 12.7 Å². The van der Waals surface area contributed by atoms with Gasteiger partial charge in [-0.15, -0.1) is 0 Å². The molecule has 2 heterocycles. The largest absolute Gasteiger partial charge is 0.480 e. The lowest BCUT2D eigenvalue weighted by Gasteiger charge is -2.31. The number of rotatable bonds is 4. The molecule has 0 saturated carbocycles. The molecule has 2 N–H and O–H groups in total. The minimum atomic E-state index is -3.90. The number of carbonyl (C=O) groups is 1. The van der Waals surface area contributed by atoms with E-state index in [0.717, 1.165) is 9.87 Å². The summed E-state index contributed by atoms with van der Waals surface area (Å²) in [5.74, 6) is -0.933. The van der Waals surface area contributed by atoms with Crippen molar-refractivity contribution in [3.05, 3.63) is 23.9 Å². The van der Waals surface area contributed by atoms with E-state index >= 15 is 0 Å². The standard InChI is InChI=1S/C12H17N3O4S/c1-9-5-6-11(13-8-9)14-20(18,19)15-7-3-2-4-10(15)12(16)17/h5-6,8,10H,2-4,7H2,1H3,(H,13,14)(H,16,17). The van der Waals surface area contributed by atoms with Gasteiger partial charge in [0.05, 0.1) is 0 Å². The minimum Gasteiger partial charge on any atom is -0.480 e. The molecule has 110 valence electrons. The zero-order valence-electron chi connectivity index (χ0n) is 11.1. The van der Waals surface area contributed by atoms with Crippen molar-refractivity contribution >= 4 is 22.0 Å². The third kappa shape index (κ3) is 3.26. The quantitative estimate of drug-likeness (QED) is 0.863. The molecule has 8 heteroatoms. The Labute approximate surface area is 117 Å². The first kappa shape index (κ1) is 14.7. The van der Waals surface area contributed by atoms with E-state index in [0.29, 0.717) is 19.3 Å². The fourth-order valence-corrected chi connectivity index (χ4v) is 3.56. The number of piperidine rings is 1. The molecular weight excluding hydrogens is 282 g/mol. The number of nitrogens with zero attached hydrogens (tertiary/aromatic N) is 2. The Hall–Kier alpha value is -1.67. The maximum Gasteiger partial charge on any atom is 0.322 e. The van der Waals surface area contributed by atoms with E-state index < -0.39 is 22.2 Å². The molecule has 0 amide bonds. The number of hydrogen-bond acceptors (Lipinski definition) is 4. The molecule has 20 heavy (non-hydrogen) atoms. The van der Waals surface area contributed by atoms with Crippen molar-refractivity contribution in [2.45, 2.75) is 32.2 Å². The molecule has 2 rings (SSSR count). The molecule has 1 fully saturated rings. The van der Waals surface area contributed by atoms with Gasteiger partial charge in [-0.1, -0.05) is 6.07 Å². The van der Waals surface area contributed by atoms with Crippen molar-refractivity contribution in [1.82, 2.24) is 9.29 Å². The van der Waals surface area contributed by atoms with Gasteiger partial charge in [-0.25, -0.2) is 4.98 Å². The van der Waals surface area contributed by atoms with E-state index in [-0.39, 0.29) is 12.4 Å². The summed E-state index contributed by atoms with van der Waals surface area (Å²) in [6.45, 7) is 2.05. The molecule has 7 nitrogen and oxygen atoms in total. The Morgan fingerprint density at radius 1 is 1.45 bits per heavy atom. The van der Waals surface area contributed by atoms with Gasteiger partial charge >= 0.3 is 16.2 Å². The monoisotopic (exact) mass is 299 g/mol. The number of aromatic nitrogens is 1. The molecule has 1 atom stereocenters. The zero-order chi connectivity index (χ0) is 14.8. The maximum atomic E-state index is 12.3. The first-order valence-electron chi connectivity index (χ1n) is 6.35. The SMILES string of the molecule is Cc1ccc(NS(=O)(=O)N2CCCCC2C(=O)O)nc1. The number of nitrogens with one attached hydrogen (secondary N) is 1. The van der Waals surface area contributed by atoms with Crippen LogP contribution in [0.3, 0.4) is 0 Å². The number of aliphatic carboxylic acids is 1. The van der Waals surface area contributed by atoms with Gasteiger partial charge in [-0.3, -0.25) is 9.52 Å². The fourth-order valence-electron chi connectivity index (χ4n) is 2.16. The van der Waals surface area contributed by atoms with Gasteiger partial charge in [0.2, 0.25) is 0 Å². The first-order valence-corrected chi connectivity index (χ1v) is 7.79. The molecule has 0 radical (unpaired) electrons. The Kier molecular flexibility index (Phi) is 4.24. The van der Waals surface area contributed by atoms with Crippen LogP contribution >= 0.6 is 0 Å². The number of carboxylic acids is 1. The Morgan fingerprint density at radius 3 is 2.80 bits per heavy atom. The van der Waals surface area contributed by atoms with Gasteiger partial charge < -0.3 is 5.11 Å². The van der Waals surface area contributed by atoms with Crippen LogP contribution in [-0.4, -0.2) is 41.4 Å². The Balaban J connectivity index is 2.20.